The van der Waals surface area contributed by atoms with Crippen molar-refractivity contribution >= 4 is 28.2 Å². The lowest BCUT2D eigenvalue weighted by molar-refractivity contribution is -0.385. The molecule has 0 bridgehead atoms. The number of fused-ring (bicyclic) bond motifs is 1. The van der Waals surface area contributed by atoms with Crippen molar-refractivity contribution in [2.45, 2.75) is 20.3 Å². The van der Waals surface area contributed by atoms with E-state index >= 15 is 0 Å². The maximum Gasteiger partial charge on any atom is 0.309 e. The molecule has 0 fully saturated rings. The SMILES string of the molecule is CC(C)Cc1nc2c(F)cc(F)c(F)c2c(Cl)c1[N+](=O)[O-]. The van der Waals surface area contributed by atoms with Crippen LogP contribution in [0.25, 0.3) is 10.9 Å². The van der Waals surface area contributed by atoms with Gasteiger partial charge >= 0.3 is 5.69 Å². The Morgan fingerprint density at radius 1 is 1.33 bits per heavy atom. The van der Waals surface area contributed by atoms with E-state index in [1.807, 2.05) is 0 Å². The zero-order valence-corrected chi connectivity index (χ0v) is 11.8. The molecule has 0 saturated carbocycles. The van der Waals surface area contributed by atoms with E-state index < -0.39 is 44.0 Å². The van der Waals surface area contributed by atoms with Crippen molar-refractivity contribution in [1.82, 2.24) is 4.98 Å². The van der Waals surface area contributed by atoms with Crippen LogP contribution in [0, 0.1) is 33.5 Å². The standard InChI is InChI=1S/C13H10ClF3N2O2/c1-5(2)3-8-13(19(20)21)10(14)9-11(17)6(15)4-7(16)12(9)18-8/h4-5H,3H2,1-2H3. The van der Waals surface area contributed by atoms with E-state index in [0.29, 0.717) is 6.07 Å². The topological polar surface area (TPSA) is 56.0 Å². The van der Waals surface area contributed by atoms with Gasteiger partial charge in [0.25, 0.3) is 0 Å². The summed E-state index contributed by atoms with van der Waals surface area (Å²) in [5.74, 6) is -4.07. The van der Waals surface area contributed by atoms with Gasteiger partial charge in [-0.3, -0.25) is 10.1 Å². The third kappa shape index (κ3) is 2.65. The normalized spacial score (nSPS) is 11.4. The molecule has 0 aliphatic rings. The Labute approximate surface area is 122 Å². The molecule has 0 atom stereocenters. The fourth-order valence-corrected chi connectivity index (χ4v) is 2.39. The van der Waals surface area contributed by atoms with Crippen molar-refractivity contribution in [3.8, 4) is 0 Å². The number of aromatic nitrogens is 1. The third-order valence-corrected chi connectivity index (χ3v) is 3.25. The van der Waals surface area contributed by atoms with Crippen LogP contribution in [-0.4, -0.2) is 9.91 Å². The number of benzene rings is 1. The van der Waals surface area contributed by atoms with E-state index in [1.54, 1.807) is 13.8 Å². The number of rotatable bonds is 3. The molecule has 0 aliphatic heterocycles. The molecule has 112 valence electrons. The van der Waals surface area contributed by atoms with Crippen LogP contribution in [0.15, 0.2) is 6.07 Å². The first-order valence-corrected chi connectivity index (χ1v) is 6.41. The molecule has 0 saturated heterocycles. The summed E-state index contributed by atoms with van der Waals surface area (Å²) in [4.78, 5) is 14.1. The molecule has 2 aromatic rings. The molecule has 0 amide bonds. The van der Waals surface area contributed by atoms with Gasteiger partial charge in [0.2, 0.25) is 0 Å². The van der Waals surface area contributed by atoms with Crippen LogP contribution < -0.4 is 0 Å². The number of hydrogen-bond donors (Lipinski definition) is 0. The first-order valence-electron chi connectivity index (χ1n) is 6.04. The number of pyridine rings is 1. The highest BCUT2D eigenvalue weighted by atomic mass is 35.5. The fraction of sp³-hybridized carbons (Fsp3) is 0.308. The smallest absolute Gasteiger partial charge is 0.258 e. The summed E-state index contributed by atoms with van der Waals surface area (Å²) in [6.45, 7) is 3.57. The van der Waals surface area contributed by atoms with Gasteiger partial charge in [0.05, 0.1) is 10.3 Å². The molecule has 1 aromatic heterocycles. The molecule has 0 aliphatic carbocycles. The molecule has 2 rings (SSSR count). The van der Waals surface area contributed by atoms with Gasteiger partial charge < -0.3 is 0 Å². The first-order chi connectivity index (χ1) is 9.73. The summed E-state index contributed by atoms with van der Waals surface area (Å²) >= 11 is 5.82. The van der Waals surface area contributed by atoms with E-state index in [4.69, 9.17) is 11.6 Å². The van der Waals surface area contributed by atoms with Gasteiger partial charge in [0.1, 0.15) is 16.2 Å². The molecule has 21 heavy (non-hydrogen) atoms. The highest BCUT2D eigenvalue weighted by Crippen LogP contribution is 2.38. The van der Waals surface area contributed by atoms with Crippen molar-refractivity contribution in [3.63, 3.8) is 0 Å². The van der Waals surface area contributed by atoms with Crippen LogP contribution in [0.2, 0.25) is 5.02 Å². The van der Waals surface area contributed by atoms with Gasteiger partial charge in [-0.2, -0.15) is 0 Å². The molecule has 0 radical (unpaired) electrons. The number of halogens is 4. The summed E-state index contributed by atoms with van der Waals surface area (Å²) in [5.41, 5.74) is -1.20. The maximum atomic E-state index is 13.8. The lowest BCUT2D eigenvalue weighted by Crippen LogP contribution is -2.06. The van der Waals surface area contributed by atoms with Crippen LogP contribution in [0.4, 0.5) is 18.9 Å². The first kappa shape index (κ1) is 15.5. The second-order valence-electron chi connectivity index (χ2n) is 4.95. The Morgan fingerprint density at radius 3 is 2.48 bits per heavy atom. The molecule has 0 unspecified atom stereocenters. The molecule has 4 nitrogen and oxygen atoms in total. The van der Waals surface area contributed by atoms with E-state index in [2.05, 4.69) is 4.98 Å². The number of nitrogens with zero attached hydrogens (tertiary/aromatic N) is 2. The van der Waals surface area contributed by atoms with Crippen molar-refractivity contribution in [2.75, 3.05) is 0 Å². The highest BCUT2D eigenvalue weighted by Gasteiger charge is 2.28. The monoisotopic (exact) mass is 318 g/mol. The largest absolute Gasteiger partial charge is 0.309 e. The minimum atomic E-state index is -1.48. The van der Waals surface area contributed by atoms with Gasteiger partial charge in [-0.25, -0.2) is 18.2 Å². The number of nitro groups is 1. The molecule has 0 N–H and O–H groups in total. The van der Waals surface area contributed by atoms with Crippen LogP contribution in [0.3, 0.4) is 0 Å². The predicted molar refractivity (Wildman–Crippen MR) is 71.8 cm³/mol. The van der Waals surface area contributed by atoms with Gasteiger partial charge in [-0.1, -0.05) is 25.4 Å². The Kier molecular flexibility index (Phi) is 4.04. The minimum Gasteiger partial charge on any atom is -0.258 e. The third-order valence-electron chi connectivity index (χ3n) is 2.88. The zero-order valence-electron chi connectivity index (χ0n) is 11.1. The van der Waals surface area contributed by atoms with Crippen LogP contribution in [0.5, 0.6) is 0 Å². The number of hydrogen-bond acceptors (Lipinski definition) is 3. The lowest BCUT2D eigenvalue weighted by Gasteiger charge is -2.10. The van der Waals surface area contributed by atoms with Gasteiger partial charge in [0.15, 0.2) is 17.5 Å². The van der Waals surface area contributed by atoms with Crippen molar-refractivity contribution in [2.24, 2.45) is 5.92 Å². The second kappa shape index (κ2) is 5.48. The summed E-state index contributed by atoms with van der Waals surface area (Å²) in [7, 11) is 0. The Morgan fingerprint density at radius 2 is 1.95 bits per heavy atom. The van der Waals surface area contributed by atoms with Crippen LogP contribution in [-0.2, 0) is 6.42 Å². The second-order valence-corrected chi connectivity index (χ2v) is 5.33. The van der Waals surface area contributed by atoms with Gasteiger partial charge in [0, 0.05) is 6.07 Å². The van der Waals surface area contributed by atoms with Crippen LogP contribution in [0.1, 0.15) is 19.5 Å². The van der Waals surface area contributed by atoms with Crippen LogP contribution >= 0.6 is 11.6 Å². The fourth-order valence-electron chi connectivity index (χ4n) is 2.04. The molecular formula is C13H10ClF3N2O2. The average molecular weight is 319 g/mol. The quantitative estimate of drug-likeness (QED) is 0.478. The zero-order chi connectivity index (χ0) is 15.9. The highest BCUT2D eigenvalue weighted by molar-refractivity contribution is 6.37. The molecule has 0 spiro atoms. The Balaban J connectivity index is 2.94. The van der Waals surface area contributed by atoms with Crippen molar-refractivity contribution < 1.29 is 18.1 Å². The maximum absolute atomic E-state index is 13.8. The summed E-state index contributed by atoms with van der Waals surface area (Å²) < 4.78 is 40.8. The van der Waals surface area contributed by atoms with E-state index in [9.17, 15) is 23.3 Å². The molecular weight excluding hydrogens is 309 g/mol. The van der Waals surface area contributed by atoms with Gasteiger partial charge in [-0.05, 0) is 12.3 Å². The Bertz CT molecular complexity index is 750. The van der Waals surface area contributed by atoms with E-state index in [-0.39, 0.29) is 18.0 Å². The average Bonchev–Trinajstić information content (AvgIpc) is 2.34. The molecule has 1 heterocycles. The summed E-state index contributed by atoms with van der Waals surface area (Å²) in [6, 6.07) is 0.339. The minimum absolute atomic E-state index is 0.0157. The van der Waals surface area contributed by atoms with Gasteiger partial charge in [-0.15, -0.1) is 0 Å². The van der Waals surface area contributed by atoms with Crippen molar-refractivity contribution in [1.29, 1.82) is 0 Å². The van der Waals surface area contributed by atoms with Crippen molar-refractivity contribution in [3.05, 3.63) is 44.3 Å². The summed E-state index contributed by atoms with van der Waals surface area (Å²) in [5, 5.41) is 9.76. The predicted octanol–water partition coefficient (Wildman–Crippen LogP) is 4.41. The van der Waals surface area contributed by atoms with E-state index in [0.717, 1.165) is 0 Å². The summed E-state index contributed by atoms with van der Waals surface area (Å²) in [6.07, 6.45) is 0.157. The molecule has 8 heteroatoms. The molecule has 1 aromatic carbocycles. The Hall–Kier alpha value is -1.89. The van der Waals surface area contributed by atoms with E-state index in [1.165, 1.54) is 0 Å². The lowest BCUT2D eigenvalue weighted by atomic mass is 10.0.